The fourth-order valence-electron chi connectivity index (χ4n) is 7.74. The summed E-state index contributed by atoms with van der Waals surface area (Å²) in [6, 6.07) is 69.4. The predicted octanol–water partition coefficient (Wildman–Crippen LogP) is 13.4. The summed E-state index contributed by atoms with van der Waals surface area (Å²) in [7, 11) is 0. The lowest BCUT2D eigenvalue weighted by molar-refractivity contribution is 1.18. The van der Waals surface area contributed by atoms with E-state index in [1.54, 1.807) is 0 Å². The third kappa shape index (κ3) is 5.21. The molecule has 0 fully saturated rings. The van der Waals surface area contributed by atoms with Crippen molar-refractivity contribution in [3.05, 3.63) is 194 Å². The molecule has 0 aliphatic rings. The van der Waals surface area contributed by atoms with Crippen LogP contribution in [0.25, 0.3) is 99.2 Å². The van der Waals surface area contributed by atoms with Crippen LogP contribution in [-0.2, 0) is 0 Å². The molecule has 242 valence electrons. The van der Waals surface area contributed by atoms with Gasteiger partial charge in [-0.2, -0.15) is 0 Å². The van der Waals surface area contributed by atoms with Gasteiger partial charge in [-0.25, -0.2) is 9.97 Å². The molecule has 2 nitrogen and oxygen atoms in total. The second-order valence-corrected chi connectivity index (χ2v) is 13.4. The van der Waals surface area contributed by atoms with Crippen molar-refractivity contribution in [2.75, 3.05) is 0 Å². The third-order valence-electron chi connectivity index (χ3n) is 10.2. The smallest absolute Gasteiger partial charge is 0.160 e. The maximum Gasteiger partial charge on any atom is 0.160 e. The fourth-order valence-corrected chi connectivity index (χ4v) is 7.74. The first-order valence-electron chi connectivity index (χ1n) is 17.7. The molecule has 10 aromatic rings. The summed E-state index contributed by atoms with van der Waals surface area (Å²) in [4.78, 5) is 10.3. The molecule has 0 aliphatic carbocycles. The first-order valence-corrected chi connectivity index (χ1v) is 17.7. The second-order valence-electron chi connectivity index (χ2n) is 13.4. The highest BCUT2D eigenvalue weighted by molar-refractivity contribution is 6.20. The topological polar surface area (TPSA) is 25.8 Å². The van der Waals surface area contributed by atoms with Crippen molar-refractivity contribution in [2.45, 2.75) is 0 Å². The van der Waals surface area contributed by atoms with Crippen LogP contribution in [0.3, 0.4) is 0 Å². The highest BCUT2D eigenvalue weighted by Crippen LogP contribution is 2.41. The lowest BCUT2D eigenvalue weighted by atomic mass is 9.88. The highest BCUT2D eigenvalue weighted by Gasteiger charge is 2.15. The van der Waals surface area contributed by atoms with Crippen LogP contribution >= 0.6 is 0 Å². The van der Waals surface area contributed by atoms with E-state index in [4.69, 9.17) is 9.97 Å². The molecule has 2 heteroatoms. The normalized spacial score (nSPS) is 11.5. The van der Waals surface area contributed by atoms with Gasteiger partial charge in [-0.15, -0.1) is 0 Å². The van der Waals surface area contributed by atoms with E-state index in [2.05, 4.69) is 176 Å². The van der Waals surface area contributed by atoms with Gasteiger partial charge in [-0.3, -0.25) is 0 Å². The van der Waals surface area contributed by atoms with Gasteiger partial charge in [-0.1, -0.05) is 170 Å². The van der Waals surface area contributed by atoms with Gasteiger partial charge < -0.3 is 0 Å². The van der Waals surface area contributed by atoms with Gasteiger partial charge in [0, 0.05) is 16.7 Å². The summed E-state index contributed by atoms with van der Waals surface area (Å²) in [6.45, 7) is 0. The molecular weight excluding hydrogens is 629 g/mol. The van der Waals surface area contributed by atoms with E-state index in [1.165, 1.54) is 54.2 Å². The molecule has 0 amide bonds. The summed E-state index contributed by atoms with van der Waals surface area (Å²) < 4.78 is 0. The molecule has 10 rings (SSSR count). The third-order valence-corrected chi connectivity index (χ3v) is 10.2. The number of aromatic nitrogens is 2. The van der Waals surface area contributed by atoms with Gasteiger partial charge in [0.05, 0.1) is 11.4 Å². The van der Waals surface area contributed by atoms with E-state index in [-0.39, 0.29) is 0 Å². The summed E-state index contributed by atoms with van der Waals surface area (Å²) in [5.41, 5.74) is 9.69. The zero-order chi connectivity index (χ0) is 34.4. The number of benzene rings is 9. The molecule has 0 spiro atoms. The molecule has 0 N–H and O–H groups in total. The van der Waals surface area contributed by atoms with Gasteiger partial charge in [0.2, 0.25) is 0 Å². The molecule has 0 saturated heterocycles. The van der Waals surface area contributed by atoms with E-state index in [9.17, 15) is 0 Å². The van der Waals surface area contributed by atoms with Crippen LogP contribution in [0, 0.1) is 0 Å². The van der Waals surface area contributed by atoms with Crippen LogP contribution in [0.5, 0.6) is 0 Å². The second kappa shape index (κ2) is 12.5. The van der Waals surface area contributed by atoms with E-state index in [0.29, 0.717) is 5.82 Å². The summed E-state index contributed by atoms with van der Waals surface area (Å²) in [6.07, 6.45) is 0. The minimum Gasteiger partial charge on any atom is -0.228 e. The number of hydrogen-bond acceptors (Lipinski definition) is 2. The van der Waals surface area contributed by atoms with E-state index < -0.39 is 0 Å². The largest absolute Gasteiger partial charge is 0.228 e. The summed E-state index contributed by atoms with van der Waals surface area (Å²) in [5, 5.41) is 9.94. The van der Waals surface area contributed by atoms with Crippen molar-refractivity contribution >= 4 is 43.1 Å². The van der Waals surface area contributed by atoms with Crippen molar-refractivity contribution in [2.24, 2.45) is 0 Å². The number of rotatable bonds is 5. The Labute approximate surface area is 302 Å². The van der Waals surface area contributed by atoms with Crippen molar-refractivity contribution < 1.29 is 0 Å². The van der Waals surface area contributed by atoms with Crippen LogP contribution in [0.4, 0.5) is 0 Å². The summed E-state index contributed by atoms with van der Waals surface area (Å²) >= 11 is 0. The molecule has 0 aliphatic heterocycles. The first kappa shape index (κ1) is 30.0. The molecule has 1 heterocycles. The number of nitrogens with zero attached hydrogens (tertiary/aromatic N) is 2. The molecule has 0 saturated carbocycles. The van der Waals surface area contributed by atoms with Gasteiger partial charge >= 0.3 is 0 Å². The van der Waals surface area contributed by atoms with E-state index in [1.807, 2.05) is 18.2 Å². The molecule has 1 aromatic heterocycles. The highest BCUT2D eigenvalue weighted by atomic mass is 14.9. The molecule has 0 radical (unpaired) electrons. The lowest BCUT2D eigenvalue weighted by Gasteiger charge is -2.15. The van der Waals surface area contributed by atoms with Crippen LogP contribution in [0.2, 0.25) is 0 Å². The maximum absolute atomic E-state index is 5.16. The van der Waals surface area contributed by atoms with E-state index in [0.717, 1.165) is 39.2 Å². The van der Waals surface area contributed by atoms with Crippen molar-refractivity contribution in [3.63, 3.8) is 0 Å². The SMILES string of the molecule is c1ccc(-c2nc(-c3cccc(-c4cccc(-c5c6ccccc6cc6c5ccc5ccccc56)c4)c3)cc(-c3cccc4ccccc34)n2)cc1. The average molecular weight is 661 g/mol. The maximum atomic E-state index is 5.16. The summed E-state index contributed by atoms with van der Waals surface area (Å²) in [5.74, 6) is 0.712. The molecule has 0 atom stereocenters. The molecule has 52 heavy (non-hydrogen) atoms. The molecular formula is C50H32N2. The predicted molar refractivity (Wildman–Crippen MR) is 219 cm³/mol. The van der Waals surface area contributed by atoms with E-state index >= 15 is 0 Å². The Kier molecular flexibility index (Phi) is 7.18. The Morgan fingerprint density at radius 3 is 1.63 bits per heavy atom. The number of fused-ring (bicyclic) bond motifs is 5. The Morgan fingerprint density at radius 2 is 0.827 bits per heavy atom. The fraction of sp³-hybridized carbons (Fsp3) is 0. The lowest BCUT2D eigenvalue weighted by Crippen LogP contribution is -1.96. The quantitative estimate of drug-likeness (QED) is 0.136. The van der Waals surface area contributed by atoms with Gasteiger partial charge in [-0.05, 0) is 89.6 Å². The Bertz CT molecular complexity index is 2960. The zero-order valence-corrected chi connectivity index (χ0v) is 28.4. The van der Waals surface area contributed by atoms with Gasteiger partial charge in [0.25, 0.3) is 0 Å². The standard InChI is InChI=1S/C50H32N2/c1-2-15-35(16-3-1)50-51-47(32-48(52-50)44-26-12-18-33-13-4-7-23-41(33)44)39-21-10-19-36(29-39)37-20-11-22-40(30-37)49-43-25-9-6-17-38(43)31-46-42-24-8-5-14-34(42)27-28-45(46)49/h1-32H. The average Bonchev–Trinajstić information content (AvgIpc) is 3.23. The van der Waals surface area contributed by atoms with Crippen LogP contribution in [0.15, 0.2) is 194 Å². The molecule has 0 unspecified atom stereocenters. The van der Waals surface area contributed by atoms with Crippen LogP contribution < -0.4 is 0 Å². The van der Waals surface area contributed by atoms with Gasteiger partial charge in [0.1, 0.15) is 0 Å². The number of hydrogen-bond donors (Lipinski definition) is 0. The minimum atomic E-state index is 0.712. The molecule has 0 bridgehead atoms. The molecule has 9 aromatic carbocycles. The van der Waals surface area contributed by atoms with Crippen LogP contribution in [0.1, 0.15) is 0 Å². The zero-order valence-electron chi connectivity index (χ0n) is 28.4. The minimum absolute atomic E-state index is 0.712. The first-order chi connectivity index (χ1) is 25.8. The van der Waals surface area contributed by atoms with Crippen LogP contribution in [-0.4, -0.2) is 9.97 Å². The Morgan fingerprint density at radius 1 is 0.269 bits per heavy atom. The Balaban J connectivity index is 1.13. The Hall–Kier alpha value is -6.90. The van der Waals surface area contributed by atoms with Gasteiger partial charge in [0.15, 0.2) is 5.82 Å². The van der Waals surface area contributed by atoms with Crippen molar-refractivity contribution in [3.8, 4) is 56.2 Å². The monoisotopic (exact) mass is 660 g/mol. The van der Waals surface area contributed by atoms with Crippen molar-refractivity contribution in [1.82, 2.24) is 9.97 Å². The van der Waals surface area contributed by atoms with Crippen molar-refractivity contribution in [1.29, 1.82) is 0 Å².